The third-order valence-corrected chi connectivity index (χ3v) is 4.94. The second-order valence-electron chi connectivity index (χ2n) is 6.92. The molecule has 1 aromatic carbocycles. The van der Waals surface area contributed by atoms with Gasteiger partial charge in [0, 0.05) is 32.4 Å². The fraction of sp³-hybridized carbons (Fsp3) is 0.444. The molecule has 0 saturated carbocycles. The molecule has 144 valence electrons. The van der Waals surface area contributed by atoms with Crippen LogP contribution < -0.4 is 4.90 Å². The molecule has 27 heavy (non-hydrogen) atoms. The number of benzene rings is 1. The van der Waals surface area contributed by atoms with Crippen molar-refractivity contribution in [2.24, 2.45) is 9.98 Å². The smallest absolute Gasteiger partial charge is 0.351 e. The number of aliphatic imine (C=N–C) groups is 2. The molecule has 0 bridgehead atoms. The summed E-state index contributed by atoms with van der Waals surface area (Å²) in [6, 6.07) is 1.81. The molecule has 9 heteroatoms. The highest BCUT2D eigenvalue weighted by Gasteiger charge is 2.40. The average molecular weight is 381 g/mol. The largest absolute Gasteiger partial charge is 0.419 e. The van der Waals surface area contributed by atoms with Gasteiger partial charge in [-0.1, -0.05) is 0 Å². The van der Waals surface area contributed by atoms with Crippen LogP contribution in [0.3, 0.4) is 0 Å². The minimum absolute atomic E-state index is 0.163. The molecule has 1 fully saturated rings. The van der Waals surface area contributed by atoms with Gasteiger partial charge >= 0.3 is 6.18 Å². The minimum Gasteiger partial charge on any atom is -0.351 e. The first-order valence-electron chi connectivity index (χ1n) is 8.73. The van der Waals surface area contributed by atoms with E-state index in [-0.39, 0.29) is 17.4 Å². The Bertz CT molecular complexity index is 850. The molecule has 0 spiro atoms. The van der Waals surface area contributed by atoms with Crippen LogP contribution in [0.15, 0.2) is 34.4 Å². The zero-order chi connectivity index (χ0) is 19.3. The van der Waals surface area contributed by atoms with Crippen LogP contribution in [0.25, 0.3) is 0 Å². The third-order valence-electron chi connectivity index (χ3n) is 4.94. The molecule has 3 aliphatic heterocycles. The van der Waals surface area contributed by atoms with E-state index < -0.39 is 17.6 Å². The van der Waals surface area contributed by atoms with Crippen molar-refractivity contribution < 1.29 is 17.6 Å². The van der Waals surface area contributed by atoms with Gasteiger partial charge < -0.3 is 9.80 Å². The van der Waals surface area contributed by atoms with E-state index in [0.717, 1.165) is 32.2 Å². The van der Waals surface area contributed by atoms with Gasteiger partial charge in [0.15, 0.2) is 17.5 Å². The molecule has 0 radical (unpaired) electrons. The summed E-state index contributed by atoms with van der Waals surface area (Å²) < 4.78 is 54.3. The van der Waals surface area contributed by atoms with Crippen molar-refractivity contribution in [3.8, 4) is 0 Å². The monoisotopic (exact) mass is 381 g/mol. The Hall–Kier alpha value is -2.42. The maximum absolute atomic E-state index is 14.8. The lowest BCUT2D eigenvalue weighted by Gasteiger charge is -2.40. The van der Waals surface area contributed by atoms with Crippen molar-refractivity contribution in [1.29, 1.82) is 0 Å². The standard InChI is InChI=1S/C18H19F4N5/c1-11-5-6-27-15-13(4-3-12(14(15)19)18(20,21)22)24-16(17(27)23-11)26-9-7-25(2)8-10-26/h3-6,11H,7-10H2,1-2H3. The van der Waals surface area contributed by atoms with Crippen LogP contribution in [0.2, 0.25) is 0 Å². The van der Waals surface area contributed by atoms with Crippen LogP contribution in [0, 0.1) is 5.82 Å². The predicted molar refractivity (Wildman–Crippen MR) is 96.1 cm³/mol. The first-order valence-corrected chi connectivity index (χ1v) is 8.73. The number of rotatable bonds is 0. The Labute approximate surface area is 154 Å². The Morgan fingerprint density at radius 2 is 1.78 bits per heavy atom. The van der Waals surface area contributed by atoms with E-state index in [1.165, 1.54) is 11.0 Å². The van der Waals surface area contributed by atoms with Crippen molar-refractivity contribution in [2.45, 2.75) is 19.1 Å². The number of alkyl halides is 3. The van der Waals surface area contributed by atoms with Gasteiger partial charge in [-0.05, 0) is 32.2 Å². The van der Waals surface area contributed by atoms with Gasteiger partial charge in [-0.2, -0.15) is 13.2 Å². The molecular formula is C18H19F4N5. The molecule has 5 nitrogen and oxygen atoms in total. The Morgan fingerprint density at radius 3 is 2.44 bits per heavy atom. The highest BCUT2D eigenvalue weighted by Crippen LogP contribution is 2.43. The molecule has 1 saturated heterocycles. The van der Waals surface area contributed by atoms with Gasteiger partial charge in [0.05, 0.1) is 17.3 Å². The Kier molecular flexibility index (Phi) is 4.21. The molecule has 0 amide bonds. The second-order valence-corrected chi connectivity index (χ2v) is 6.92. The van der Waals surface area contributed by atoms with E-state index in [9.17, 15) is 17.6 Å². The summed E-state index contributed by atoms with van der Waals surface area (Å²) in [5, 5.41) is 0. The average Bonchev–Trinajstić information content (AvgIpc) is 2.60. The molecule has 0 aromatic heterocycles. The molecule has 0 N–H and O–H groups in total. The second kappa shape index (κ2) is 6.33. The number of halogens is 4. The number of piperazine rings is 1. The van der Waals surface area contributed by atoms with Gasteiger partial charge in [-0.25, -0.2) is 9.38 Å². The first kappa shape index (κ1) is 18.0. The summed E-state index contributed by atoms with van der Waals surface area (Å²) in [6.45, 7) is 4.98. The number of amidine groups is 2. The van der Waals surface area contributed by atoms with Gasteiger partial charge in [0.1, 0.15) is 5.69 Å². The summed E-state index contributed by atoms with van der Waals surface area (Å²) in [4.78, 5) is 14.7. The van der Waals surface area contributed by atoms with Crippen LogP contribution in [-0.2, 0) is 6.18 Å². The van der Waals surface area contributed by atoms with Crippen molar-refractivity contribution in [2.75, 3.05) is 38.1 Å². The zero-order valence-electron chi connectivity index (χ0n) is 15.0. The first-order chi connectivity index (χ1) is 12.8. The SMILES string of the molecule is CC1C=CN2C(=N1)C(N1CCN(C)CC1)=Nc1ccc(C(F)(F)F)c(F)c12. The number of nitrogens with zero attached hydrogens (tertiary/aromatic N) is 5. The highest BCUT2D eigenvalue weighted by atomic mass is 19.4. The minimum atomic E-state index is -4.77. The van der Waals surface area contributed by atoms with E-state index in [2.05, 4.69) is 19.8 Å². The summed E-state index contributed by atoms with van der Waals surface area (Å²) in [7, 11) is 2.03. The van der Waals surface area contributed by atoms with Gasteiger partial charge in [-0.15, -0.1) is 0 Å². The van der Waals surface area contributed by atoms with Gasteiger partial charge in [0.25, 0.3) is 0 Å². The van der Waals surface area contributed by atoms with Crippen LogP contribution >= 0.6 is 0 Å². The van der Waals surface area contributed by atoms with Gasteiger partial charge in [-0.3, -0.25) is 9.89 Å². The maximum Gasteiger partial charge on any atom is 0.419 e. The van der Waals surface area contributed by atoms with Gasteiger partial charge in [0.2, 0.25) is 0 Å². The van der Waals surface area contributed by atoms with E-state index in [1.54, 1.807) is 12.3 Å². The fourth-order valence-electron chi connectivity index (χ4n) is 3.41. The van der Waals surface area contributed by atoms with Crippen LogP contribution in [-0.4, -0.2) is 60.7 Å². The Morgan fingerprint density at radius 1 is 1.07 bits per heavy atom. The number of hydrogen-bond donors (Lipinski definition) is 0. The normalized spacial score (nSPS) is 23.0. The zero-order valence-corrected chi connectivity index (χ0v) is 15.0. The summed E-state index contributed by atoms with van der Waals surface area (Å²) >= 11 is 0. The fourth-order valence-corrected chi connectivity index (χ4v) is 3.41. The summed E-state index contributed by atoms with van der Waals surface area (Å²) in [5.74, 6) is -0.362. The van der Waals surface area contributed by atoms with E-state index >= 15 is 0 Å². The van der Waals surface area contributed by atoms with Crippen molar-refractivity contribution in [3.63, 3.8) is 0 Å². The molecule has 0 aliphatic carbocycles. The molecular weight excluding hydrogens is 362 g/mol. The maximum atomic E-state index is 14.8. The molecule has 3 heterocycles. The molecule has 1 atom stereocenters. The summed E-state index contributed by atoms with van der Waals surface area (Å²) in [6.07, 6.45) is -1.47. The van der Waals surface area contributed by atoms with Crippen LogP contribution in [0.5, 0.6) is 0 Å². The predicted octanol–water partition coefficient (Wildman–Crippen LogP) is 3.26. The van der Waals surface area contributed by atoms with E-state index in [0.29, 0.717) is 11.7 Å². The lowest BCUT2D eigenvalue weighted by atomic mass is 10.1. The quantitative estimate of drug-likeness (QED) is 0.647. The lowest BCUT2D eigenvalue weighted by Crippen LogP contribution is -2.53. The highest BCUT2D eigenvalue weighted by molar-refractivity contribution is 6.47. The summed E-state index contributed by atoms with van der Waals surface area (Å²) in [5.41, 5.74) is -1.33. The molecule has 1 aromatic rings. The van der Waals surface area contributed by atoms with Crippen molar-refractivity contribution in [1.82, 2.24) is 9.80 Å². The van der Waals surface area contributed by atoms with E-state index in [4.69, 9.17) is 0 Å². The molecule has 1 unspecified atom stereocenters. The van der Waals surface area contributed by atoms with Crippen molar-refractivity contribution >= 4 is 23.0 Å². The van der Waals surface area contributed by atoms with E-state index in [1.807, 2.05) is 14.0 Å². The molecule has 4 rings (SSSR count). The van der Waals surface area contributed by atoms with Crippen LogP contribution in [0.1, 0.15) is 12.5 Å². The number of fused-ring (bicyclic) bond motifs is 3. The Balaban J connectivity index is 1.85. The lowest BCUT2D eigenvalue weighted by molar-refractivity contribution is -0.139. The molecule has 3 aliphatic rings. The number of anilines is 1. The third kappa shape index (κ3) is 3.09. The van der Waals surface area contributed by atoms with Crippen molar-refractivity contribution in [3.05, 3.63) is 35.8 Å². The number of likely N-dealkylation sites (N-methyl/N-ethyl adjacent to an activating group) is 1. The number of hydrogen-bond acceptors (Lipinski definition) is 5. The van der Waals surface area contributed by atoms with Crippen LogP contribution in [0.4, 0.5) is 28.9 Å². The topological polar surface area (TPSA) is 34.4 Å².